The van der Waals surface area contributed by atoms with Crippen LogP contribution in [-0.4, -0.2) is 106 Å². The molecule has 11 nitrogen and oxygen atoms in total. The zero-order valence-corrected chi connectivity index (χ0v) is 26.4. The molecule has 2 aromatic heterocycles. The Hall–Kier alpha value is -3.58. The molecule has 244 valence electrons. The summed E-state index contributed by atoms with van der Waals surface area (Å²) in [6.07, 6.45) is 1.01. The van der Waals surface area contributed by atoms with E-state index in [9.17, 15) is 13.6 Å². The van der Waals surface area contributed by atoms with E-state index in [-0.39, 0.29) is 11.9 Å². The lowest BCUT2D eigenvalue weighted by Crippen LogP contribution is -2.50. The van der Waals surface area contributed by atoms with Gasteiger partial charge in [-0.25, -0.2) is 18.6 Å². The largest absolute Gasteiger partial charge is 0.444 e. The van der Waals surface area contributed by atoms with Gasteiger partial charge in [0.2, 0.25) is 5.95 Å². The molecule has 0 spiro atoms. The van der Waals surface area contributed by atoms with Gasteiger partial charge in [-0.2, -0.15) is 9.97 Å². The number of fused-ring (bicyclic) bond motifs is 1. The fourth-order valence-electron chi connectivity index (χ4n) is 6.50. The quantitative estimate of drug-likeness (QED) is 0.383. The number of anilines is 2. The van der Waals surface area contributed by atoms with Gasteiger partial charge in [0.05, 0.1) is 24.2 Å². The van der Waals surface area contributed by atoms with E-state index in [2.05, 4.69) is 20.1 Å². The molecule has 0 unspecified atom stereocenters. The second kappa shape index (κ2) is 13.4. The normalized spacial score (nSPS) is 19.4. The van der Waals surface area contributed by atoms with E-state index in [0.29, 0.717) is 73.4 Å². The second-order valence-electron chi connectivity index (χ2n) is 13.2. The number of amides is 1. The van der Waals surface area contributed by atoms with Crippen LogP contribution in [0.15, 0.2) is 30.3 Å². The van der Waals surface area contributed by atoms with Crippen molar-refractivity contribution in [3.63, 3.8) is 0 Å². The van der Waals surface area contributed by atoms with Crippen LogP contribution in [0.5, 0.6) is 0 Å². The van der Waals surface area contributed by atoms with Crippen molar-refractivity contribution in [3.8, 4) is 5.82 Å². The van der Waals surface area contributed by atoms with Gasteiger partial charge in [0, 0.05) is 44.8 Å². The molecule has 3 aliphatic rings. The third-order valence-corrected chi connectivity index (χ3v) is 8.88. The number of piperidine rings is 2. The van der Waals surface area contributed by atoms with Gasteiger partial charge in [-0.1, -0.05) is 12.1 Å². The maximum absolute atomic E-state index is 14.2. The highest BCUT2D eigenvalue weighted by molar-refractivity contribution is 5.78. The smallest absolute Gasteiger partial charge is 0.410 e. The summed E-state index contributed by atoms with van der Waals surface area (Å²) in [5.41, 5.74) is 0.592. The predicted molar refractivity (Wildman–Crippen MR) is 168 cm³/mol. The molecule has 0 aliphatic carbocycles. The van der Waals surface area contributed by atoms with Crippen molar-refractivity contribution in [2.45, 2.75) is 64.5 Å². The summed E-state index contributed by atoms with van der Waals surface area (Å²) < 4.78 is 40.9. The standard InChI is InChI=1S/C32H44F2N8O3/c1-32(2,3)45-31(43)41-14-10-23(11-15-41)39-12-8-22(9-13-39)21-35-30-37-26(40-16-18-44-19-17-40)20-27(38-30)42-25-7-5-4-6-24(25)36-29(42)28(33)34/h4-7,20,22-23,28H,8-19,21H2,1-3H3,(H,35,37,38). The maximum atomic E-state index is 14.2. The molecular formula is C32H44F2N8O3. The average molecular weight is 627 g/mol. The van der Waals surface area contributed by atoms with Crippen LogP contribution in [0.4, 0.5) is 25.3 Å². The molecule has 1 N–H and O–H groups in total. The van der Waals surface area contributed by atoms with Gasteiger partial charge >= 0.3 is 6.09 Å². The number of rotatable bonds is 7. The lowest BCUT2D eigenvalue weighted by molar-refractivity contribution is 0.0120. The summed E-state index contributed by atoms with van der Waals surface area (Å²) in [4.78, 5) is 32.7. The minimum atomic E-state index is -2.76. The van der Waals surface area contributed by atoms with Crippen LogP contribution in [0.3, 0.4) is 0 Å². The highest BCUT2D eigenvalue weighted by Crippen LogP contribution is 2.30. The molecule has 1 aromatic carbocycles. The minimum Gasteiger partial charge on any atom is -0.444 e. The Labute approximate surface area is 262 Å². The number of ether oxygens (including phenoxy) is 2. The van der Waals surface area contributed by atoms with Crippen molar-refractivity contribution in [1.29, 1.82) is 0 Å². The van der Waals surface area contributed by atoms with Crippen molar-refractivity contribution in [2.75, 3.05) is 69.2 Å². The number of imidazole rings is 1. The van der Waals surface area contributed by atoms with Crippen molar-refractivity contribution < 1.29 is 23.0 Å². The lowest BCUT2D eigenvalue weighted by atomic mass is 9.93. The summed E-state index contributed by atoms with van der Waals surface area (Å²) in [6, 6.07) is 9.37. The van der Waals surface area contributed by atoms with E-state index in [4.69, 9.17) is 19.4 Å². The number of carbonyl (C=O) groups is 1. The molecule has 13 heteroatoms. The highest BCUT2D eigenvalue weighted by Gasteiger charge is 2.31. The van der Waals surface area contributed by atoms with E-state index >= 15 is 0 Å². The minimum absolute atomic E-state index is 0.222. The number of aromatic nitrogens is 4. The maximum Gasteiger partial charge on any atom is 0.410 e. The first-order chi connectivity index (χ1) is 21.6. The number of alkyl halides is 2. The van der Waals surface area contributed by atoms with E-state index < -0.39 is 12.0 Å². The molecule has 0 saturated carbocycles. The van der Waals surface area contributed by atoms with E-state index in [1.807, 2.05) is 31.7 Å². The Morgan fingerprint density at radius 3 is 2.36 bits per heavy atom. The summed E-state index contributed by atoms with van der Waals surface area (Å²) in [5.74, 6) is 1.57. The number of nitrogens with zero attached hydrogens (tertiary/aromatic N) is 7. The third kappa shape index (κ3) is 7.46. The number of hydrogen-bond acceptors (Lipinski definition) is 9. The Morgan fingerprint density at radius 1 is 0.978 bits per heavy atom. The van der Waals surface area contributed by atoms with E-state index in [1.165, 1.54) is 4.57 Å². The molecule has 3 saturated heterocycles. The van der Waals surface area contributed by atoms with Crippen LogP contribution in [0, 0.1) is 5.92 Å². The van der Waals surface area contributed by atoms with Gasteiger partial charge in [0.25, 0.3) is 6.43 Å². The average Bonchev–Trinajstić information content (AvgIpc) is 3.44. The number of hydrogen-bond donors (Lipinski definition) is 1. The summed E-state index contributed by atoms with van der Waals surface area (Å²) in [5, 5.41) is 3.45. The first-order valence-electron chi connectivity index (χ1n) is 16.1. The van der Waals surface area contributed by atoms with Gasteiger partial charge in [0.1, 0.15) is 17.2 Å². The van der Waals surface area contributed by atoms with Crippen LogP contribution in [0.2, 0.25) is 0 Å². The Balaban J connectivity index is 1.11. The molecule has 5 heterocycles. The van der Waals surface area contributed by atoms with Crippen molar-refractivity contribution in [3.05, 3.63) is 36.2 Å². The number of para-hydroxylation sites is 2. The number of likely N-dealkylation sites (tertiary alicyclic amines) is 2. The molecule has 6 rings (SSSR count). The molecule has 3 aliphatic heterocycles. The SMILES string of the molecule is CC(C)(C)OC(=O)N1CCC(N2CCC(CNc3nc(N4CCOCC4)cc(-n4c(C(F)F)nc5ccccc54)n3)CC2)CC1. The molecule has 45 heavy (non-hydrogen) atoms. The molecule has 0 bridgehead atoms. The van der Waals surface area contributed by atoms with Crippen LogP contribution < -0.4 is 10.2 Å². The molecule has 3 aromatic rings. The van der Waals surface area contributed by atoms with Gasteiger partial charge in [-0.05, 0) is 77.6 Å². The number of benzene rings is 1. The van der Waals surface area contributed by atoms with Gasteiger partial charge in [0.15, 0.2) is 5.82 Å². The van der Waals surface area contributed by atoms with Crippen LogP contribution >= 0.6 is 0 Å². The second-order valence-corrected chi connectivity index (χ2v) is 13.2. The highest BCUT2D eigenvalue weighted by atomic mass is 19.3. The Kier molecular flexibility index (Phi) is 9.36. The Morgan fingerprint density at radius 2 is 1.67 bits per heavy atom. The number of halogens is 2. The topological polar surface area (TPSA) is 101 Å². The lowest BCUT2D eigenvalue weighted by Gasteiger charge is -2.42. The molecule has 1 amide bonds. The van der Waals surface area contributed by atoms with Crippen LogP contribution in [0.1, 0.15) is 58.7 Å². The monoisotopic (exact) mass is 626 g/mol. The van der Waals surface area contributed by atoms with Gasteiger partial charge in [-0.15, -0.1) is 0 Å². The van der Waals surface area contributed by atoms with Crippen LogP contribution in [-0.2, 0) is 9.47 Å². The zero-order chi connectivity index (χ0) is 31.6. The molecule has 3 fully saturated rings. The van der Waals surface area contributed by atoms with E-state index in [0.717, 1.165) is 51.9 Å². The first-order valence-corrected chi connectivity index (χ1v) is 16.1. The third-order valence-electron chi connectivity index (χ3n) is 8.88. The first kappa shape index (κ1) is 31.4. The number of carbonyl (C=O) groups excluding carboxylic acids is 1. The van der Waals surface area contributed by atoms with Crippen molar-refractivity contribution in [1.82, 2.24) is 29.3 Å². The molecule has 0 radical (unpaired) electrons. The fourth-order valence-corrected chi connectivity index (χ4v) is 6.50. The zero-order valence-electron chi connectivity index (χ0n) is 26.4. The van der Waals surface area contributed by atoms with Crippen molar-refractivity contribution >= 4 is 28.9 Å². The van der Waals surface area contributed by atoms with Crippen LogP contribution in [0.25, 0.3) is 16.9 Å². The molecular weight excluding hydrogens is 582 g/mol. The molecule has 0 atom stereocenters. The fraction of sp³-hybridized carbons (Fsp3) is 0.625. The summed E-state index contributed by atoms with van der Waals surface area (Å²) in [7, 11) is 0. The van der Waals surface area contributed by atoms with Gasteiger partial charge in [-0.3, -0.25) is 4.57 Å². The summed E-state index contributed by atoms with van der Waals surface area (Å²) >= 11 is 0. The predicted octanol–water partition coefficient (Wildman–Crippen LogP) is 5.11. The Bertz CT molecular complexity index is 1460. The number of nitrogens with one attached hydrogen (secondary N) is 1. The van der Waals surface area contributed by atoms with Gasteiger partial charge < -0.3 is 29.5 Å². The summed E-state index contributed by atoms with van der Waals surface area (Å²) in [6.45, 7) is 12.3. The van der Waals surface area contributed by atoms with E-state index in [1.54, 1.807) is 24.3 Å². The number of morpholine rings is 1. The van der Waals surface area contributed by atoms with Crippen molar-refractivity contribution in [2.24, 2.45) is 5.92 Å².